The molecule has 0 saturated carbocycles. The zero-order valence-electron chi connectivity index (χ0n) is 17.5. The second-order valence-corrected chi connectivity index (χ2v) is 7.31. The predicted molar refractivity (Wildman–Crippen MR) is 126 cm³/mol. The Morgan fingerprint density at radius 1 is 1.16 bits per heavy atom. The molecule has 9 heteroatoms. The first-order valence-corrected chi connectivity index (χ1v) is 10.2. The number of nitrogens with zero attached hydrogens (tertiary/aromatic N) is 2. The summed E-state index contributed by atoms with van der Waals surface area (Å²) in [6.07, 6.45) is 2.88. The van der Waals surface area contributed by atoms with Crippen LogP contribution in [0.3, 0.4) is 0 Å². The van der Waals surface area contributed by atoms with E-state index in [0.29, 0.717) is 10.6 Å². The summed E-state index contributed by atoms with van der Waals surface area (Å²) in [6, 6.07) is 16.2. The maximum absolute atomic E-state index is 13.2. The standard InChI is InChI=1S/C23H23ClN4O4/c1-32-14-13-27-21(25)20(22(30)26-23(27)31)28(15-16-7-3-2-4-8-16)19(29)12-11-17-9-5-6-10-18(17)24/h2-12H,13-15,25H2,1H3,(H,26,30,31)/b12-11+. The Labute approximate surface area is 189 Å². The minimum atomic E-state index is -0.753. The fourth-order valence-electron chi connectivity index (χ4n) is 3.14. The summed E-state index contributed by atoms with van der Waals surface area (Å²) in [4.78, 5) is 41.7. The van der Waals surface area contributed by atoms with E-state index in [0.717, 1.165) is 5.56 Å². The molecular formula is C23H23ClN4O4. The molecule has 2 aromatic carbocycles. The molecule has 0 aliphatic rings. The van der Waals surface area contributed by atoms with Crippen LogP contribution in [0, 0.1) is 0 Å². The third-order valence-electron chi connectivity index (χ3n) is 4.76. The van der Waals surface area contributed by atoms with Crippen molar-refractivity contribution in [3.63, 3.8) is 0 Å². The van der Waals surface area contributed by atoms with Gasteiger partial charge in [0.25, 0.3) is 11.5 Å². The first-order chi connectivity index (χ1) is 15.4. The Balaban J connectivity index is 2.07. The van der Waals surface area contributed by atoms with Gasteiger partial charge in [0.05, 0.1) is 19.7 Å². The first-order valence-electron chi connectivity index (χ1n) is 9.82. The van der Waals surface area contributed by atoms with E-state index >= 15 is 0 Å². The first kappa shape index (κ1) is 23.1. The van der Waals surface area contributed by atoms with E-state index in [4.69, 9.17) is 22.1 Å². The molecule has 3 aromatic rings. The summed E-state index contributed by atoms with van der Waals surface area (Å²) < 4.78 is 6.19. The van der Waals surface area contributed by atoms with Gasteiger partial charge in [-0.15, -0.1) is 0 Å². The lowest BCUT2D eigenvalue weighted by molar-refractivity contribution is -0.114. The molecule has 3 N–H and O–H groups in total. The minimum Gasteiger partial charge on any atom is -0.383 e. The van der Waals surface area contributed by atoms with Crippen molar-refractivity contribution in [3.05, 3.63) is 97.7 Å². The molecule has 166 valence electrons. The highest BCUT2D eigenvalue weighted by Gasteiger charge is 2.23. The van der Waals surface area contributed by atoms with Crippen molar-refractivity contribution in [2.24, 2.45) is 0 Å². The number of aromatic nitrogens is 2. The third-order valence-corrected chi connectivity index (χ3v) is 5.11. The van der Waals surface area contributed by atoms with Crippen LogP contribution in [0.15, 0.2) is 70.3 Å². The Morgan fingerprint density at radius 2 is 1.84 bits per heavy atom. The Bertz CT molecular complexity index is 1230. The number of rotatable bonds is 8. The number of methoxy groups -OCH3 is 1. The second-order valence-electron chi connectivity index (χ2n) is 6.90. The van der Waals surface area contributed by atoms with Gasteiger partial charge in [0, 0.05) is 18.2 Å². The maximum atomic E-state index is 13.2. The molecule has 0 bridgehead atoms. The molecular weight excluding hydrogens is 432 g/mol. The monoisotopic (exact) mass is 454 g/mol. The molecule has 3 rings (SSSR count). The average molecular weight is 455 g/mol. The van der Waals surface area contributed by atoms with Gasteiger partial charge in [-0.2, -0.15) is 0 Å². The zero-order chi connectivity index (χ0) is 23.1. The summed E-state index contributed by atoms with van der Waals surface area (Å²) in [5.74, 6) is -0.617. The number of carbonyl (C=O) groups excluding carboxylic acids is 1. The Kier molecular flexibility index (Phi) is 7.64. The Hall–Kier alpha value is -3.62. The number of halogens is 1. The van der Waals surface area contributed by atoms with Crippen LogP contribution < -0.4 is 21.9 Å². The van der Waals surface area contributed by atoms with Crippen LogP contribution in [-0.2, 0) is 22.6 Å². The molecule has 0 spiro atoms. The largest absolute Gasteiger partial charge is 0.383 e. The van der Waals surface area contributed by atoms with E-state index in [1.54, 1.807) is 30.3 Å². The molecule has 0 aliphatic carbocycles. The number of nitrogen functional groups attached to an aromatic ring is 1. The van der Waals surface area contributed by atoms with Gasteiger partial charge in [-0.1, -0.05) is 60.1 Å². The number of benzene rings is 2. The lowest BCUT2D eigenvalue weighted by Gasteiger charge is -2.23. The number of ether oxygens (including phenoxy) is 1. The molecule has 1 aromatic heterocycles. The van der Waals surface area contributed by atoms with Crippen molar-refractivity contribution in [3.8, 4) is 0 Å². The van der Waals surface area contributed by atoms with E-state index in [1.165, 1.54) is 22.7 Å². The smallest absolute Gasteiger partial charge is 0.330 e. The predicted octanol–water partition coefficient (Wildman–Crippen LogP) is 2.67. The Morgan fingerprint density at radius 3 is 2.53 bits per heavy atom. The van der Waals surface area contributed by atoms with Crippen LogP contribution >= 0.6 is 11.6 Å². The van der Waals surface area contributed by atoms with E-state index in [1.807, 2.05) is 30.3 Å². The van der Waals surface area contributed by atoms with Crippen molar-refractivity contribution in [1.29, 1.82) is 0 Å². The summed E-state index contributed by atoms with van der Waals surface area (Å²) in [6.45, 7) is 0.394. The van der Waals surface area contributed by atoms with Gasteiger partial charge in [-0.25, -0.2) is 4.79 Å². The van der Waals surface area contributed by atoms with E-state index in [2.05, 4.69) is 4.98 Å². The maximum Gasteiger partial charge on any atom is 0.330 e. The third kappa shape index (κ3) is 5.35. The number of amides is 1. The number of H-pyrrole nitrogens is 1. The lowest BCUT2D eigenvalue weighted by atomic mass is 10.2. The van der Waals surface area contributed by atoms with Gasteiger partial charge < -0.3 is 10.5 Å². The number of hydrogen-bond acceptors (Lipinski definition) is 5. The molecule has 1 amide bonds. The van der Waals surface area contributed by atoms with Crippen LogP contribution in [0.1, 0.15) is 11.1 Å². The van der Waals surface area contributed by atoms with Crippen LogP contribution in [0.4, 0.5) is 11.5 Å². The lowest BCUT2D eigenvalue weighted by Crippen LogP contribution is -2.40. The molecule has 0 atom stereocenters. The molecule has 0 radical (unpaired) electrons. The van der Waals surface area contributed by atoms with Gasteiger partial charge >= 0.3 is 5.69 Å². The number of carbonyl (C=O) groups is 1. The van der Waals surface area contributed by atoms with Crippen LogP contribution in [0.25, 0.3) is 6.08 Å². The highest BCUT2D eigenvalue weighted by Crippen LogP contribution is 2.21. The van der Waals surface area contributed by atoms with Gasteiger partial charge in [0.1, 0.15) is 5.82 Å². The van der Waals surface area contributed by atoms with Crippen LogP contribution in [0.2, 0.25) is 5.02 Å². The summed E-state index contributed by atoms with van der Waals surface area (Å²) in [5, 5.41) is 0.483. The van der Waals surface area contributed by atoms with Crippen molar-refractivity contribution < 1.29 is 9.53 Å². The molecule has 0 saturated heterocycles. The molecule has 8 nitrogen and oxygen atoms in total. The summed E-state index contributed by atoms with van der Waals surface area (Å²) in [5.41, 5.74) is 6.08. The highest BCUT2D eigenvalue weighted by molar-refractivity contribution is 6.32. The van der Waals surface area contributed by atoms with Crippen molar-refractivity contribution in [2.45, 2.75) is 13.1 Å². The molecule has 0 fully saturated rings. The number of nitrogens with two attached hydrogens (primary N) is 1. The fourth-order valence-corrected chi connectivity index (χ4v) is 3.34. The number of anilines is 2. The normalized spacial score (nSPS) is 11.1. The average Bonchev–Trinajstić information content (AvgIpc) is 2.78. The molecule has 0 aliphatic heterocycles. The quantitative estimate of drug-likeness (QED) is 0.508. The highest BCUT2D eigenvalue weighted by atomic mass is 35.5. The topological polar surface area (TPSA) is 110 Å². The minimum absolute atomic E-state index is 0.0717. The van der Waals surface area contributed by atoms with Crippen LogP contribution in [-0.4, -0.2) is 29.2 Å². The van der Waals surface area contributed by atoms with Gasteiger partial charge in [-0.05, 0) is 23.3 Å². The molecule has 1 heterocycles. The van der Waals surface area contributed by atoms with E-state index in [9.17, 15) is 14.4 Å². The van der Waals surface area contributed by atoms with Gasteiger partial charge in [-0.3, -0.25) is 24.0 Å². The second kappa shape index (κ2) is 10.6. The SMILES string of the molecule is COCCn1c(N)c(N(Cc2ccccc2)C(=O)/C=C/c2ccccc2Cl)c(=O)[nH]c1=O. The van der Waals surface area contributed by atoms with Crippen molar-refractivity contribution >= 4 is 35.1 Å². The molecule has 32 heavy (non-hydrogen) atoms. The van der Waals surface area contributed by atoms with Crippen molar-refractivity contribution in [2.75, 3.05) is 24.4 Å². The fraction of sp³-hybridized carbons (Fsp3) is 0.174. The van der Waals surface area contributed by atoms with Gasteiger partial charge in [0.15, 0.2) is 5.69 Å². The van der Waals surface area contributed by atoms with E-state index < -0.39 is 17.2 Å². The van der Waals surface area contributed by atoms with Crippen molar-refractivity contribution in [1.82, 2.24) is 9.55 Å². The molecule has 0 unspecified atom stereocenters. The summed E-state index contributed by atoms with van der Waals surface area (Å²) in [7, 11) is 1.48. The van der Waals surface area contributed by atoms with E-state index in [-0.39, 0.29) is 31.2 Å². The number of hydrogen-bond donors (Lipinski definition) is 2. The van der Waals surface area contributed by atoms with Gasteiger partial charge in [0.2, 0.25) is 0 Å². The number of aromatic amines is 1. The zero-order valence-corrected chi connectivity index (χ0v) is 18.2. The van der Waals surface area contributed by atoms with Crippen LogP contribution in [0.5, 0.6) is 0 Å². The summed E-state index contributed by atoms with van der Waals surface area (Å²) >= 11 is 6.17. The number of nitrogens with one attached hydrogen (secondary N) is 1.